The maximum absolute atomic E-state index is 15.8. The molecule has 1 fully saturated rings. The molecule has 0 amide bonds. The minimum Gasteiger partial charge on any atom is -0.497 e. The smallest absolute Gasteiger partial charge is 0.341 e. The zero-order valence-electron chi connectivity index (χ0n) is 16.6. The summed E-state index contributed by atoms with van der Waals surface area (Å²) < 4.78 is 37.8. The van der Waals surface area contributed by atoms with Crippen molar-refractivity contribution in [2.45, 2.75) is 32.0 Å². The number of pyridine rings is 1. The first-order chi connectivity index (χ1) is 14.8. The number of rotatable bonds is 4. The zero-order valence-corrected chi connectivity index (χ0v) is 16.6. The molecule has 1 saturated carbocycles. The number of hydrogen-bond acceptors (Lipinski definition) is 5. The highest BCUT2D eigenvalue weighted by Gasteiger charge is 2.34. The SMILES string of the molecule is COc1ccc2c(c1)CN(c1c(F)c(N)c3c(=O)c(C(=O)O)cn(C4CC4)c3c1F)C2. The van der Waals surface area contributed by atoms with Crippen LogP contribution in [0.3, 0.4) is 0 Å². The highest BCUT2D eigenvalue weighted by Crippen LogP contribution is 2.43. The van der Waals surface area contributed by atoms with Crippen LogP contribution in [0, 0.1) is 11.6 Å². The van der Waals surface area contributed by atoms with Gasteiger partial charge < -0.3 is 25.0 Å². The van der Waals surface area contributed by atoms with E-state index in [2.05, 4.69) is 0 Å². The lowest BCUT2D eigenvalue weighted by molar-refractivity contribution is 0.0695. The summed E-state index contributed by atoms with van der Waals surface area (Å²) in [6.45, 7) is 0.505. The number of fused-ring (bicyclic) bond motifs is 2. The Morgan fingerprint density at radius 2 is 1.90 bits per heavy atom. The summed E-state index contributed by atoms with van der Waals surface area (Å²) in [5.41, 5.74) is 5.18. The number of anilines is 2. The van der Waals surface area contributed by atoms with Gasteiger partial charge in [-0.25, -0.2) is 13.6 Å². The predicted molar refractivity (Wildman–Crippen MR) is 111 cm³/mol. The van der Waals surface area contributed by atoms with Crippen LogP contribution in [0.25, 0.3) is 10.9 Å². The maximum Gasteiger partial charge on any atom is 0.341 e. The minimum atomic E-state index is -1.46. The number of nitrogen functional groups attached to an aromatic ring is 1. The molecule has 9 heteroatoms. The monoisotopic (exact) mass is 427 g/mol. The number of halogens is 2. The molecule has 0 saturated heterocycles. The first-order valence-electron chi connectivity index (χ1n) is 9.81. The van der Waals surface area contributed by atoms with Gasteiger partial charge in [0.1, 0.15) is 17.0 Å². The molecule has 2 aromatic carbocycles. The Kier molecular flexibility index (Phi) is 4.18. The molecule has 3 N–H and O–H groups in total. The second kappa shape index (κ2) is 6.69. The zero-order chi connectivity index (χ0) is 22.0. The molecular formula is C22H19F2N3O4. The van der Waals surface area contributed by atoms with Crippen LogP contribution in [0.4, 0.5) is 20.2 Å². The number of nitrogens with two attached hydrogens (primary N) is 1. The fraction of sp³-hybridized carbons (Fsp3) is 0.273. The Morgan fingerprint density at radius 1 is 1.19 bits per heavy atom. The van der Waals surface area contributed by atoms with Crippen LogP contribution in [0.1, 0.15) is 40.4 Å². The minimum absolute atomic E-state index is 0.153. The normalized spacial score (nSPS) is 15.4. The molecule has 0 bridgehead atoms. The number of hydrogen-bond donors (Lipinski definition) is 2. The van der Waals surface area contributed by atoms with Gasteiger partial charge >= 0.3 is 5.97 Å². The van der Waals surface area contributed by atoms with E-state index in [-0.39, 0.29) is 30.3 Å². The van der Waals surface area contributed by atoms with Gasteiger partial charge in [-0.05, 0) is 36.1 Å². The number of carboxylic acids is 1. The molecule has 2 heterocycles. The van der Waals surface area contributed by atoms with Crippen molar-refractivity contribution in [1.82, 2.24) is 4.57 Å². The van der Waals surface area contributed by atoms with Gasteiger partial charge in [0.05, 0.1) is 23.7 Å². The molecule has 0 unspecified atom stereocenters. The van der Waals surface area contributed by atoms with E-state index in [0.717, 1.165) is 17.3 Å². The van der Waals surface area contributed by atoms with Crippen LogP contribution in [0.2, 0.25) is 0 Å². The molecule has 0 spiro atoms. The van der Waals surface area contributed by atoms with E-state index in [1.807, 2.05) is 12.1 Å². The average Bonchev–Trinajstić information content (AvgIpc) is 3.50. The summed E-state index contributed by atoms with van der Waals surface area (Å²) in [4.78, 5) is 25.8. The number of carboxylic acid groups (broad SMARTS) is 1. The Morgan fingerprint density at radius 3 is 2.55 bits per heavy atom. The van der Waals surface area contributed by atoms with Gasteiger partial charge in [0.2, 0.25) is 5.43 Å². The second-order valence-electron chi connectivity index (χ2n) is 7.92. The first kappa shape index (κ1) is 19.3. The summed E-state index contributed by atoms with van der Waals surface area (Å²) in [5.74, 6) is -2.80. The summed E-state index contributed by atoms with van der Waals surface area (Å²) in [5, 5.41) is 8.96. The Balaban J connectivity index is 1.74. The predicted octanol–water partition coefficient (Wildman–Crippen LogP) is 3.42. The third-order valence-electron chi connectivity index (χ3n) is 5.99. The maximum atomic E-state index is 15.8. The molecule has 1 aliphatic carbocycles. The van der Waals surface area contributed by atoms with Gasteiger partial charge in [0.25, 0.3) is 0 Å². The molecule has 0 atom stereocenters. The van der Waals surface area contributed by atoms with Crippen LogP contribution in [-0.2, 0) is 13.1 Å². The van der Waals surface area contributed by atoms with E-state index in [4.69, 9.17) is 10.5 Å². The van der Waals surface area contributed by atoms with Crippen LogP contribution < -0.4 is 20.8 Å². The number of benzene rings is 2. The molecule has 1 aromatic heterocycles. The topological polar surface area (TPSA) is 97.8 Å². The lowest BCUT2D eigenvalue weighted by Crippen LogP contribution is -2.24. The number of aromatic carboxylic acids is 1. The second-order valence-corrected chi connectivity index (χ2v) is 7.92. The fourth-order valence-corrected chi connectivity index (χ4v) is 4.28. The van der Waals surface area contributed by atoms with Crippen LogP contribution in [0.5, 0.6) is 5.75 Å². The van der Waals surface area contributed by atoms with Gasteiger partial charge in [-0.15, -0.1) is 0 Å². The summed E-state index contributed by atoms with van der Waals surface area (Å²) >= 11 is 0. The van der Waals surface area contributed by atoms with Crippen molar-refractivity contribution in [3.8, 4) is 5.75 Å². The van der Waals surface area contributed by atoms with Crippen LogP contribution >= 0.6 is 0 Å². The number of carbonyl (C=O) groups is 1. The molecule has 1 aliphatic heterocycles. The molecule has 3 aromatic rings. The number of nitrogens with zero attached hydrogens (tertiary/aromatic N) is 2. The van der Waals surface area contributed by atoms with Gasteiger partial charge in [0, 0.05) is 25.3 Å². The third-order valence-corrected chi connectivity index (χ3v) is 5.99. The van der Waals surface area contributed by atoms with Crippen molar-refractivity contribution in [1.29, 1.82) is 0 Å². The van der Waals surface area contributed by atoms with Crippen molar-refractivity contribution in [2.24, 2.45) is 0 Å². The van der Waals surface area contributed by atoms with E-state index in [1.54, 1.807) is 13.2 Å². The van der Waals surface area contributed by atoms with Crippen molar-refractivity contribution >= 4 is 28.2 Å². The highest BCUT2D eigenvalue weighted by atomic mass is 19.1. The molecule has 2 aliphatic rings. The summed E-state index contributed by atoms with van der Waals surface area (Å²) in [7, 11) is 1.54. The third kappa shape index (κ3) is 2.83. The van der Waals surface area contributed by atoms with Gasteiger partial charge in [0.15, 0.2) is 11.6 Å². The number of ether oxygens (including phenoxy) is 1. The van der Waals surface area contributed by atoms with E-state index in [9.17, 15) is 14.7 Å². The van der Waals surface area contributed by atoms with Gasteiger partial charge in [-0.3, -0.25) is 4.79 Å². The molecular weight excluding hydrogens is 408 g/mol. The van der Waals surface area contributed by atoms with Crippen molar-refractivity contribution in [3.63, 3.8) is 0 Å². The van der Waals surface area contributed by atoms with Crippen molar-refractivity contribution in [2.75, 3.05) is 17.7 Å². The standard InChI is InChI=1S/C22H19F2N3O4/c1-31-13-5-2-10-7-26(8-11(10)6-13)20-16(23)18(25)15-19(17(20)24)27(12-3-4-12)9-14(21(15)28)22(29)30/h2,5-6,9,12H,3-4,7-8,25H2,1H3,(H,29,30). The van der Waals surface area contributed by atoms with E-state index in [0.29, 0.717) is 18.6 Å². The molecule has 5 rings (SSSR count). The van der Waals surface area contributed by atoms with Crippen LogP contribution in [0.15, 0.2) is 29.2 Å². The van der Waals surface area contributed by atoms with E-state index in [1.165, 1.54) is 9.47 Å². The quantitative estimate of drug-likeness (QED) is 0.620. The summed E-state index contributed by atoms with van der Waals surface area (Å²) in [6, 6.07) is 5.28. The Bertz CT molecular complexity index is 1330. The number of methoxy groups -OCH3 is 1. The molecule has 7 nitrogen and oxygen atoms in total. The van der Waals surface area contributed by atoms with E-state index < -0.39 is 39.7 Å². The van der Waals surface area contributed by atoms with Crippen molar-refractivity contribution < 1.29 is 23.4 Å². The lowest BCUT2D eigenvalue weighted by atomic mass is 10.1. The lowest BCUT2D eigenvalue weighted by Gasteiger charge is -2.23. The first-order valence-corrected chi connectivity index (χ1v) is 9.81. The van der Waals surface area contributed by atoms with Gasteiger partial charge in [-0.1, -0.05) is 6.07 Å². The van der Waals surface area contributed by atoms with Crippen molar-refractivity contribution in [3.05, 3.63) is 62.9 Å². The summed E-state index contributed by atoms with van der Waals surface area (Å²) in [6.07, 6.45) is 2.55. The fourth-order valence-electron chi connectivity index (χ4n) is 4.28. The Hall–Kier alpha value is -3.62. The molecule has 0 radical (unpaired) electrons. The largest absolute Gasteiger partial charge is 0.497 e. The highest BCUT2D eigenvalue weighted by molar-refractivity contribution is 5.99. The number of aromatic nitrogens is 1. The average molecular weight is 427 g/mol. The van der Waals surface area contributed by atoms with E-state index >= 15 is 8.78 Å². The van der Waals surface area contributed by atoms with Crippen LogP contribution in [-0.4, -0.2) is 22.8 Å². The Labute approximate surface area is 175 Å². The molecule has 160 valence electrons. The van der Waals surface area contributed by atoms with Gasteiger partial charge in [-0.2, -0.15) is 0 Å². The molecule has 31 heavy (non-hydrogen) atoms.